The molecule has 1 aromatic rings. The Labute approximate surface area is 187 Å². The van der Waals surface area contributed by atoms with Crippen LogP contribution >= 0.6 is 0 Å². The molecular formula is C24H33O6S-. The number of esters is 2. The third kappa shape index (κ3) is 8.37. The van der Waals surface area contributed by atoms with Crippen molar-refractivity contribution in [1.82, 2.24) is 0 Å². The minimum absolute atomic E-state index is 0.0762. The molecule has 0 radical (unpaired) electrons. The summed E-state index contributed by atoms with van der Waals surface area (Å²) in [4.78, 5) is 24.5. The summed E-state index contributed by atoms with van der Waals surface area (Å²) in [6, 6.07) is 3.97. The van der Waals surface area contributed by atoms with Crippen LogP contribution in [0, 0.1) is 11.8 Å². The largest absolute Gasteiger partial charge is 0.768 e. The van der Waals surface area contributed by atoms with Crippen LogP contribution in [0.2, 0.25) is 0 Å². The molecule has 1 atom stereocenters. The van der Waals surface area contributed by atoms with E-state index < -0.39 is 23.0 Å². The topological polar surface area (TPSA) is 92.7 Å². The first-order valence-electron chi connectivity index (χ1n) is 11.7. The van der Waals surface area contributed by atoms with Gasteiger partial charge in [0.1, 0.15) is 11.5 Å². The summed E-state index contributed by atoms with van der Waals surface area (Å²) in [7, 11) is 0. The average Bonchev–Trinajstić information content (AvgIpc) is 2.77. The first-order chi connectivity index (χ1) is 15.0. The minimum atomic E-state index is -2.53. The van der Waals surface area contributed by atoms with Crippen molar-refractivity contribution in [2.75, 3.05) is 0 Å². The van der Waals surface area contributed by atoms with E-state index in [0.29, 0.717) is 24.7 Å². The van der Waals surface area contributed by atoms with Crippen molar-refractivity contribution in [1.29, 1.82) is 0 Å². The number of rotatable bonds is 9. The van der Waals surface area contributed by atoms with Gasteiger partial charge in [0.05, 0.1) is 0 Å². The molecule has 7 heteroatoms. The zero-order chi connectivity index (χ0) is 22.1. The highest BCUT2D eigenvalue weighted by molar-refractivity contribution is 7.79. The lowest BCUT2D eigenvalue weighted by atomic mass is 9.86. The first-order valence-corrected chi connectivity index (χ1v) is 12.7. The third-order valence-electron chi connectivity index (χ3n) is 6.47. The van der Waals surface area contributed by atoms with Crippen molar-refractivity contribution >= 4 is 23.0 Å². The smallest absolute Gasteiger partial charge is 0.311 e. The highest BCUT2D eigenvalue weighted by Crippen LogP contribution is 2.30. The summed E-state index contributed by atoms with van der Waals surface area (Å²) >= 11 is -2.53. The van der Waals surface area contributed by atoms with Gasteiger partial charge in [0, 0.05) is 23.8 Å². The van der Waals surface area contributed by atoms with Gasteiger partial charge < -0.3 is 14.0 Å². The first kappa shape index (κ1) is 23.9. The van der Waals surface area contributed by atoms with E-state index in [1.54, 1.807) is 0 Å². The number of ether oxygens (including phenoxy) is 2. The van der Waals surface area contributed by atoms with Crippen LogP contribution in [0.4, 0.5) is 0 Å². The van der Waals surface area contributed by atoms with E-state index in [1.807, 2.05) is 0 Å². The SMILES string of the molecule is O=C(CCC1CCCCC1)Oc1cc(OC(=O)CCC2CCCCC2)cc(S(=O)[O-])c1. The average molecular weight is 450 g/mol. The normalized spacial score (nSPS) is 19.0. The van der Waals surface area contributed by atoms with Crippen LogP contribution in [-0.2, 0) is 20.7 Å². The fourth-order valence-electron chi connectivity index (χ4n) is 4.72. The van der Waals surface area contributed by atoms with Crippen LogP contribution < -0.4 is 9.47 Å². The molecule has 1 aromatic carbocycles. The number of hydrogen-bond donors (Lipinski definition) is 0. The standard InChI is InChI=1S/C24H34O6S/c25-23(13-11-18-7-3-1-4-8-18)29-20-15-21(17-22(16-20)31(27)28)30-24(26)14-12-19-9-5-2-6-10-19/h15-19H,1-14H2,(H,27,28)/p-1. The second-order valence-corrected chi connectivity index (χ2v) is 9.85. The van der Waals surface area contributed by atoms with Gasteiger partial charge in [-0.15, -0.1) is 0 Å². The Kier molecular flexibility index (Phi) is 9.53. The van der Waals surface area contributed by atoms with Crippen molar-refractivity contribution < 1.29 is 27.8 Å². The van der Waals surface area contributed by atoms with E-state index in [2.05, 4.69) is 0 Å². The van der Waals surface area contributed by atoms with Crippen LogP contribution in [0.1, 0.15) is 89.9 Å². The van der Waals surface area contributed by atoms with Gasteiger partial charge in [-0.3, -0.25) is 13.8 Å². The fraction of sp³-hybridized carbons (Fsp3) is 0.667. The predicted molar refractivity (Wildman–Crippen MR) is 117 cm³/mol. The summed E-state index contributed by atoms with van der Waals surface area (Å²) in [5.74, 6) is 0.503. The number of carbonyl (C=O) groups excluding carboxylic acids is 2. The molecule has 2 saturated carbocycles. The maximum Gasteiger partial charge on any atom is 0.311 e. The monoisotopic (exact) mass is 449 g/mol. The molecule has 0 aliphatic heterocycles. The molecule has 2 fully saturated rings. The van der Waals surface area contributed by atoms with Gasteiger partial charge in [-0.05, 0) is 47.9 Å². The Morgan fingerprint density at radius 1 is 0.774 bits per heavy atom. The van der Waals surface area contributed by atoms with Crippen molar-refractivity contribution in [2.45, 2.75) is 94.8 Å². The lowest BCUT2D eigenvalue weighted by Crippen LogP contribution is -2.14. The molecule has 172 valence electrons. The van der Waals surface area contributed by atoms with E-state index in [-0.39, 0.29) is 16.4 Å². The Morgan fingerprint density at radius 2 is 1.19 bits per heavy atom. The highest BCUT2D eigenvalue weighted by atomic mass is 32.2. The molecule has 0 aromatic heterocycles. The molecule has 0 N–H and O–H groups in total. The van der Waals surface area contributed by atoms with E-state index in [4.69, 9.17) is 9.47 Å². The second kappa shape index (κ2) is 12.3. The summed E-state index contributed by atoms with van der Waals surface area (Å²) < 4.78 is 33.7. The molecule has 0 saturated heterocycles. The van der Waals surface area contributed by atoms with Crippen LogP contribution in [0.3, 0.4) is 0 Å². The quantitative estimate of drug-likeness (QED) is 0.282. The maximum atomic E-state index is 12.3. The molecule has 2 aliphatic rings. The molecule has 3 rings (SSSR count). The molecular weight excluding hydrogens is 416 g/mol. The van der Waals surface area contributed by atoms with Crippen molar-refractivity contribution in [3.05, 3.63) is 18.2 Å². The van der Waals surface area contributed by atoms with Crippen molar-refractivity contribution in [2.24, 2.45) is 11.8 Å². The summed E-state index contributed by atoms with van der Waals surface area (Å²) in [6.45, 7) is 0. The van der Waals surface area contributed by atoms with Gasteiger partial charge in [0.2, 0.25) is 0 Å². The molecule has 1 unspecified atom stereocenters. The van der Waals surface area contributed by atoms with E-state index in [1.165, 1.54) is 56.7 Å². The molecule has 0 bridgehead atoms. The van der Waals surface area contributed by atoms with Crippen LogP contribution in [0.25, 0.3) is 0 Å². The predicted octanol–water partition coefficient (Wildman–Crippen LogP) is 5.46. The van der Waals surface area contributed by atoms with Crippen molar-refractivity contribution in [3.63, 3.8) is 0 Å². The molecule has 0 amide bonds. The Bertz CT molecular complexity index is 711. The molecule has 2 aliphatic carbocycles. The fourth-order valence-corrected chi connectivity index (χ4v) is 5.14. The van der Waals surface area contributed by atoms with Gasteiger partial charge in [0.25, 0.3) is 0 Å². The summed E-state index contributed by atoms with van der Waals surface area (Å²) in [5.41, 5.74) is 0. The zero-order valence-corrected chi connectivity index (χ0v) is 19.0. The molecule has 0 spiro atoms. The van der Waals surface area contributed by atoms with Gasteiger partial charge in [-0.25, -0.2) is 0 Å². The Hall–Kier alpha value is -1.73. The van der Waals surface area contributed by atoms with Crippen molar-refractivity contribution in [3.8, 4) is 11.5 Å². The Morgan fingerprint density at radius 3 is 1.58 bits per heavy atom. The minimum Gasteiger partial charge on any atom is -0.768 e. The third-order valence-corrected chi connectivity index (χ3v) is 7.09. The number of carbonyl (C=O) groups is 2. The number of benzene rings is 1. The van der Waals surface area contributed by atoms with Crippen LogP contribution in [0.5, 0.6) is 11.5 Å². The lowest BCUT2D eigenvalue weighted by Gasteiger charge is -2.21. The summed E-state index contributed by atoms with van der Waals surface area (Å²) in [5, 5.41) is 0. The van der Waals surface area contributed by atoms with Gasteiger partial charge in [0.15, 0.2) is 0 Å². The second-order valence-electron chi connectivity index (χ2n) is 8.91. The van der Waals surface area contributed by atoms with E-state index >= 15 is 0 Å². The summed E-state index contributed by atoms with van der Waals surface area (Å²) in [6.07, 6.45) is 14.2. The highest BCUT2D eigenvalue weighted by Gasteiger charge is 2.18. The Balaban J connectivity index is 1.54. The maximum absolute atomic E-state index is 12.3. The van der Waals surface area contributed by atoms with Crippen LogP contribution in [-0.4, -0.2) is 20.7 Å². The van der Waals surface area contributed by atoms with Gasteiger partial charge in [-0.2, -0.15) is 0 Å². The molecule has 0 heterocycles. The van der Waals surface area contributed by atoms with Gasteiger partial charge in [-0.1, -0.05) is 64.2 Å². The van der Waals surface area contributed by atoms with Crippen LogP contribution in [0.15, 0.2) is 23.1 Å². The van der Waals surface area contributed by atoms with Gasteiger partial charge >= 0.3 is 11.9 Å². The lowest BCUT2D eigenvalue weighted by molar-refractivity contribution is -0.135. The molecule has 6 nitrogen and oxygen atoms in total. The van der Waals surface area contributed by atoms with E-state index in [0.717, 1.165) is 38.5 Å². The number of hydrogen-bond acceptors (Lipinski definition) is 6. The van der Waals surface area contributed by atoms with E-state index in [9.17, 15) is 18.4 Å². The zero-order valence-electron chi connectivity index (χ0n) is 18.1. The molecule has 31 heavy (non-hydrogen) atoms.